The molecule has 0 radical (unpaired) electrons. The van der Waals surface area contributed by atoms with Crippen LogP contribution in [0.25, 0.3) is 0 Å². The highest BCUT2D eigenvalue weighted by Gasteiger charge is 2.06. The number of hydrogen-bond acceptors (Lipinski definition) is 2. The quantitative estimate of drug-likeness (QED) is 0.813. The summed E-state index contributed by atoms with van der Waals surface area (Å²) in [5, 5.41) is 12.7. The maximum atomic E-state index is 11.6. The van der Waals surface area contributed by atoms with Gasteiger partial charge in [-0.1, -0.05) is 36.2 Å². The van der Waals surface area contributed by atoms with Crippen molar-refractivity contribution in [3.63, 3.8) is 0 Å². The average Bonchev–Trinajstić information content (AvgIpc) is 2.38. The highest BCUT2D eigenvalue weighted by atomic mass is 35.5. The Kier molecular flexibility index (Phi) is 7.21. The molecular formula is C14H19Cl2NO2. The van der Waals surface area contributed by atoms with Gasteiger partial charge in [-0.3, -0.25) is 4.79 Å². The fourth-order valence-electron chi connectivity index (χ4n) is 1.65. The minimum absolute atomic E-state index is 0.0101. The van der Waals surface area contributed by atoms with Gasteiger partial charge >= 0.3 is 0 Å². The summed E-state index contributed by atoms with van der Waals surface area (Å²) in [6.07, 6.45) is 1.76. The van der Waals surface area contributed by atoms with Crippen molar-refractivity contribution in [2.24, 2.45) is 5.92 Å². The number of benzene rings is 1. The van der Waals surface area contributed by atoms with Crippen LogP contribution < -0.4 is 5.32 Å². The molecule has 0 heterocycles. The predicted octanol–water partition coefficient (Wildman–Crippen LogP) is 3.06. The molecule has 1 amide bonds. The molecule has 19 heavy (non-hydrogen) atoms. The summed E-state index contributed by atoms with van der Waals surface area (Å²) < 4.78 is 0. The average molecular weight is 304 g/mol. The number of carbonyl (C=O) groups excluding carboxylic acids is 1. The number of hydrogen-bond donors (Lipinski definition) is 2. The molecule has 1 rings (SSSR count). The number of halogens is 2. The van der Waals surface area contributed by atoms with E-state index in [0.717, 1.165) is 5.56 Å². The lowest BCUT2D eigenvalue weighted by molar-refractivity contribution is -0.121. The van der Waals surface area contributed by atoms with Gasteiger partial charge in [0, 0.05) is 19.6 Å². The van der Waals surface area contributed by atoms with E-state index in [-0.39, 0.29) is 12.5 Å². The molecule has 0 saturated heterocycles. The fourth-order valence-corrected chi connectivity index (χ4v) is 1.97. The molecule has 0 spiro atoms. The van der Waals surface area contributed by atoms with Crippen LogP contribution in [0.5, 0.6) is 0 Å². The zero-order valence-electron chi connectivity index (χ0n) is 11.0. The normalized spacial score (nSPS) is 12.2. The minimum Gasteiger partial charge on any atom is -0.396 e. The molecule has 1 atom stereocenters. The summed E-state index contributed by atoms with van der Waals surface area (Å²) in [7, 11) is 0. The monoisotopic (exact) mass is 303 g/mol. The van der Waals surface area contributed by atoms with Crippen molar-refractivity contribution in [3.05, 3.63) is 33.8 Å². The first kappa shape index (κ1) is 16.3. The van der Waals surface area contributed by atoms with Gasteiger partial charge in [0.15, 0.2) is 0 Å². The van der Waals surface area contributed by atoms with Gasteiger partial charge in [0.1, 0.15) is 0 Å². The Bertz CT molecular complexity index is 424. The topological polar surface area (TPSA) is 49.3 Å². The van der Waals surface area contributed by atoms with E-state index in [1.165, 1.54) is 0 Å². The summed E-state index contributed by atoms with van der Waals surface area (Å²) in [5.74, 6) is 0.301. The van der Waals surface area contributed by atoms with E-state index in [1.807, 2.05) is 13.0 Å². The lowest BCUT2D eigenvalue weighted by atomic mass is 10.1. The second-order valence-electron chi connectivity index (χ2n) is 4.67. The van der Waals surface area contributed by atoms with Crippen molar-refractivity contribution in [2.45, 2.75) is 26.2 Å². The largest absolute Gasteiger partial charge is 0.396 e. The molecule has 5 heteroatoms. The Morgan fingerprint density at radius 3 is 2.74 bits per heavy atom. The molecule has 2 N–H and O–H groups in total. The van der Waals surface area contributed by atoms with Crippen molar-refractivity contribution in [1.82, 2.24) is 5.32 Å². The molecule has 1 aromatic carbocycles. The Morgan fingerprint density at radius 2 is 2.11 bits per heavy atom. The van der Waals surface area contributed by atoms with E-state index in [9.17, 15) is 4.79 Å². The lowest BCUT2D eigenvalue weighted by Crippen LogP contribution is -2.28. The zero-order valence-corrected chi connectivity index (χ0v) is 12.5. The van der Waals surface area contributed by atoms with Gasteiger partial charge in [0.05, 0.1) is 10.0 Å². The number of amides is 1. The van der Waals surface area contributed by atoms with E-state index in [4.69, 9.17) is 28.3 Å². The van der Waals surface area contributed by atoms with Crippen LogP contribution in [0.15, 0.2) is 18.2 Å². The molecule has 1 aromatic rings. The number of carbonyl (C=O) groups is 1. The summed E-state index contributed by atoms with van der Waals surface area (Å²) in [6, 6.07) is 5.39. The van der Waals surface area contributed by atoms with Crippen LogP contribution in [-0.4, -0.2) is 24.2 Å². The van der Waals surface area contributed by atoms with Crippen molar-refractivity contribution >= 4 is 29.1 Å². The molecule has 3 nitrogen and oxygen atoms in total. The molecule has 0 aromatic heterocycles. The van der Waals surface area contributed by atoms with E-state index in [0.29, 0.717) is 41.8 Å². The van der Waals surface area contributed by atoms with Crippen LogP contribution in [0, 0.1) is 5.92 Å². The predicted molar refractivity (Wildman–Crippen MR) is 78.7 cm³/mol. The summed E-state index contributed by atoms with van der Waals surface area (Å²) in [4.78, 5) is 11.6. The summed E-state index contributed by atoms with van der Waals surface area (Å²) >= 11 is 11.7. The summed E-state index contributed by atoms with van der Waals surface area (Å²) in [6.45, 7) is 2.75. The third kappa shape index (κ3) is 6.28. The maximum absolute atomic E-state index is 11.6. The van der Waals surface area contributed by atoms with Gasteiger partial charge in [-0.05, 0) is 36.5 Å². The molecule has 0 aliphatic carbocycles. The molecule has 0 aliphatic rings. The van der Waals surface area contributed by atoms with Crippen LogP contribution in [0.1, 0.15) is 25.3 Å². The van der Waals surface area contributed by atoms with E-state index >= 15 is 0 Å². The number of aryl methyl sites for hydroxylation is 1. The molecular weight excluding hydrogens is 285 g/mol. The van der Waals surface area contributed by atoms with Crippen LogP contribution in [0.2, 0.25) is 10.0 Å². The van der Waals surface area contributed by atoms with Crippen molar-refractivity contribution in [3.8, 4) is 0 Å². The van der Waals surface area contributed by atoms with Crippen LogP contribution in [0.3, 0.4) is 0 Å². The van der Waals surface area contributed by atoms with Gasteiger partial charge in [0.25, 0.3) is 0 Å². The first-order valence-corrected chi connectivity index (χ1v) is 7.10. The van der Waals surface area contributed by atoms with Crippen molar-refractivity contribution < 1.29 is 9.90 Å². The highest BCUT2D eigenvalue weighted by Crippen LogP contribution is 2.23. The molecule has 106 valence electrons. The first-order valence-electron chi connectivity index (χ1n) is 6.34. The zero-order chi connectivity index (χ0) is 14.3. The standard InChI is InChI=1S/C14H19Cl2NO2/c1-10(6-7-18)9-17-14(19)5-3-11-2-4-12(15)13(16)8-11/h2,4,8,10,18H,3,5-7,9H2,1H3,(H,17,19). The van der Waals surface area contributed by atoms with Gasteiger partial charge < -0.3 is 10.4 Å². The van der Waals surface area contributed by atoms with Gasteiger partial charge in [-0.25, -0.2) is 0 Å². The Labute approximate surface area is 123 Å². The molecule has 0 bridgehead atoms. The second kappa shape index (κ2) is 8.41. The number of rotatable bonds is 7. The van der Waals surface area contributed by atoms with Crippen LogP contribution in [0.4, 0.5) is 0 Å². The molecule has 0 saturated carbocycles. The van der Waals surface area contributed by atoms with Crippen LogP contribution >= 0.6 is 23.2 Å². The second-order valence-corrected chi connectivity index (χ2v) is 5.48. The van der Waals surface area contributed by atoms with Gasteiger partial charge in [0.2, 0.25) is 5.91 Å². The third-order valence-electron chi connectivity index (χ3n) is 2.89. The van der Waals surface area contributed by atoms with Crippen molar-refractivity contribution in [1.29, 1.82) is 0 Å². The van der Waals surface area contributed by atoms with E-state index in [1.54, 1.807) is 12.1 Å². The number of aliphatic hydroxyl groups excluding tert-OH is 1. The Balaban J connectivity index is 2.31. The van der Waals surface area contributed by atoms with Crippen molar-refractivity contribution in [2.75, 3.05) is 13.2 Å². The Morgan fingerprint density at radius 1 is 1.37 bits per heavy atom. The van der Waals surface area contributed by atoms with Crippen LogP contribution in [-0.2, 0) is 11.2 Å². The Hall–Kier alpha value is -0.770. The fraction of sp³-hybridized carbons (Fsp3) is 0.500. The highest BCUT2D eigenvalue weighted by molar-refractivity contribution is 6.42. The summed E-state index contributed by atoms with van der Waals surface area (Å²) in [5.41, 5.74) is 0.993. The van der Waals surface area contributed by atoms with E-state index in [2.05, 4.69) is 5.32 Å². The molecule has 0 fully saturated rings. The van der Waals surface area contributed by atoms with Gasteiger partial charge in [-0.15, -0.1) is 0 Å². The third-order valence-corrected chi connectivity index (χ3v) is 3.63. The molecule has 1 unspecified atom stereocenters. The van der Waals surface area contributed by atoms with Gasteiger partial charge in [-0.2, -0.15) is 0 Å². The minimum atomic E-state index is 0.0101. The first-order chi connectivity index (χ1) is 9.02. The SMILES string of the molecule is CC(CCO)CNC(=O)CCc1ccc(Cl)c(Cl)c1. The van der Waals surface area contributed by atoms with E-state index < -0.39 is 0 Å². The number of aliphatic hydroxyl groups is 1. The number of nitrogens with one attached hydrogen (secondary N) is 1. The maximum Gasteiger partial charge on any atom is 0.220 e. The smallest absolute Gasteiger partial charge is 0.220 e. The molecule has 0 aliphatic heterocycles. The lowest BCUT2D eigenvalue weighted by Gasteiger charge is -2.11.